The van der Waals surface area contributed by atoms with Gasteiger partial charge in [0.1, 0.15) is 5.82 Å². The van der Waals surface area contributed by atoms with Gasteiger partial charge in [0, 0.05) is 62.0 Å². The van der Waals surface area contributed by atoms with E-state index in [4.69, 9.17) is 4.42 Å². The van der Waals surface area contributed by atoms with Gasteiger partial charge in [0.25, 0.3) is 0 Å². The number of carbonyl (C=O) groups excluding carboxylic acids is 1. The normalized spacial score (nSPS) is 12.1. The summed E-state index contributed by atoms with van der Waals surface area (Å²) < 4.78 is 20.1. The number of carbonyl (C=O) groups is 1. The number of allylic oxidation sites excluding steroid dienone is 2. The van der Waals surface area contributed by atoms with E-state index in [9.17, 15) is 14.3 Å². The van der Waals surface area contributed by atoms with E-state index in [0.717, 1.165) is 64.2 Å². The monoisotopic (exact) mass is 788 g/mol. The number of fused-ring (bicyclic) bond motifs is 4. The number of pyridine rings is 1. The number of aromatic nitrogens is 2. The van der Waals surface area contributed by atoms with E-state index in [2.05, 4.69) is 42.9 Å². The van der Waals surface area contributed by atoms with Crippen molar-refractivity contribution in [1.82, 2.24) is 9.97 Å². The van der Waals surface area contributed by atoms with Gasteiger partial charge < -0.3 is 14.5 Å². The van der Waals surface area contributed by atoms with Crippen LogP contribution in [0.2, 0.25) is 0 Å². The van der Waals surface area contributed by atoms with Gasteiger partial charge in [0.05, 0.1) is 11.3 Å². The van der Waals surface area contributed by atoms with E-state index < -0.39 is 0 Å². The van der Waals surface area contributed by atoms with Crippen molar-refractivity contribution in [3.8, 4) is 11.3 Å². The molecule has 0 aliphatic heterocycles. The minimum atomic E-state index is -0.220. The van der Waals surface area contributed by atoms with Crippen LogP contribution in [0.4, 0.5) is 4.39 Å². The smallest absolute Gasteiger partial charge is 0.180 e. The molecular formula is C38H44FIrN2O3-. The Morgan fingerprint density at radius 2 is 1.58 bits per heavy atom. The molecule has 0 saturated carbocycles. The summed E-state index contributed by atoms with van der Waals surface area (Å²) >= 11 is 0. The second-order valence-corrected chi connectivity index (χ2v) is 12.4. The Kier molecular flexibility index (Phi) is 12.2. The molecule has 0 atom stereocenters. The Balaban J connectivity index is 0.000000297. The van der Waals surface area contributed by atoms with Gasteiger partial charge in [0.15, 0.2) is 11.7 Å². The van der Waals surface area contributed by atoms with Crippen molar-refractivity contribution < 1.29 is 38.8 Å². The summed E-state index contributed by atoms with van der Waals surface area (Å²) in [5, 5.41) is 13.2. The zero-order valence-corrected chi connectivity index (χ0v) is 29.9. The van der Waals surface area contributed by atoms with Crippen LogP contribution in [0, 0.1) is 30.6 Å². The number of hydrogen-bond donors (Lipinski definition) is 1. The quantitative estimate of drug-likeness (QED) is 0.0734. The fourth-order valence-electron chi connectivity index (χ4n) is 5.74. The molecule has 0 fully saturated rings. The number of hydrogen-bond acceptors (Lipinski definition) is 5. The molecule has 241 valence electrons. The Bertz CT molecular complexity index is 1810. The summed E-state index contributed by atoms with van der Waals surface area (Å²) in [7, 11) is 0. The second kappa shape index (κ2) is 15.2. The predicted molar refractivity (Wildman–Crippen MR) is 178 cm³/mol. The first kappa shape index (κ1) is 36.1. The van der Waals surface area contributed by atoms with Crippen molar-refractivity contribution >= 4 is 38.4 Å². The molecule has 0 spiro atoms. The average molecular weight is 788 g/mol. The maximum atomic E-state index is 14.3. The molecule has 1 radical (unpaired) electrons. The van der Waals surface area contributed by atoms with Crippen LogP contribution in [0.1, 0.15) is 85.6 Å². The van der Waals surface area contributed by atoms with Crippen molar-refractivity contribution in [3.05, 3.63) is 83.8 Å². The third kappa shape index (κ3) is 7.88. The molecule has 0 unspecified atom stereocenters. The third-order valence-electron chi connectivity index (χ3n) is 8.42. The number of ketones is 1. The van der Waals surface area contributed by atoms with E-state index in [1.165, 1.54) is 12.1 Å². The Hall–Kier alpha value is -3.41. The molecule has 0 amide bonds. The zero-order valence-electron chi connectivity index (χ0n) is 27.5. The van der Waals surface area contributed by atoms with Crippen LogP contribution < -0.4 is 0 Å². The molecule has 7 heteroatoms. The fraction of sp³-hybridized carbons (Fsp3) is 0.395. The first-order chi connectivity index (χ1) is 20.9. The number of aliphatic hydroxyl groups is 1. The minimum Gasteiger partial charge on any atom is -0.512 e. The number of nitrogens with zero attached hydrogens (tertiary/aromatic N) is 2. The van der Waals surface area contributed by atoms with Crippen molar-refractivity contribution in [2.75, 3.05) is 0 Å². The molecule has 0 aliphatic rings. The standard InChI is InChI=1S/C25H20FN2O.C13H24O2.Ir/c1-14-28-24-20(25(2,3)4)12-15(13-22(24)29-14)23-19-9-8-18-16(6-5-7-21(18)26)17(19)10-11-27-23;1-5-10(6-2)12(14)9-13(15)11(7-3)8-4;/h5-12H,1-4H3;9-11,14H,5-8H2,1-4H3;/q-1;;/b;12-9-;. The molecule has 3 aromatic carbocycles. The van der Waals surface area contributed by atoms with Crippen LogP contribution in [-0.2, 0) is 30.3 Å². The molecule has 0 aliphatic carbocycles. The van der Waals surface area contributed by atoms with Gasteiger partial charge in [-0.25, -0.2) is 4.39 Å². The van der Waals surface area contributed by atoms with Crippen molar-refractivity contribution in [2.45, 2.75) is 86.5 Å². The largest absolute Gasteiger partial charge is 0.512 e. The molecule has 5 aromatic rings. The van der Waals surface area contributed by atoms with Crippen molar-refractivity contribution in [2.24, 2.45) is 11.8 Å². The van der Waals surface area contributed by atoms with E-state index in [0.29, 0.717) is 16.9 Å². The average Bonchev–Trinajstić information content (AvgIpc) is 3.37. The van der Waals surface area contributed by atoms with Gasteiger partial charge in [-0.2, -0.15) is 0 Å². The van der Waals surface area contributed by atoms with Crippen LogP contribution in [0.15, 0.2) is 64.9 Å². The van der Waals surface area contributed by atoms with Gasteiger partial charge in [0.2, 0.25) is 0 Å². The van der Waals surface area contributed by atoms with E-state index >= 15 is 0 Å². The number of rotatable bonds is 8. The first-order valence-corrected chi connectivity index (χ1v) is 15.7. The Morgan fingerprint density at radius 3 is 2.20 bits per heavy atom. The fourth-order valence-corrected chi connectivity index (χ4v) is 5.74. The van der Waals surface area contributed by atoms with Crippen LogP contribution in [0.5, 0.6) is 0 Å². The van der Waals surface area contributed by atoms with Gasteiger partial charge in [-0.3, -0.25) is 9.78 Å². The van der Waals surface area contributed by atoms with Crippen LogP contribution >= 0.6 is 0 Å². The molecule has 0 saturated heterocycles. The number of benzene rings is 3. The topological polar surface area (TPSA) is 76.2 Å². The molecule has 5 rings (SSSR count). The van der Waals surface area contributed by atoms with Crippen LogP contribution in [-0.4, -0.2) is 20.9 Å². The first-order valence-electron chi connectivity index (χ1n) is 15.7. The summed E-state index contributed by atoms with van der Waals surface area (Å²) in [5.41, 5.74) is 4.09. The molecule has 45 heavy (non-hydrogen) atoms. The van der Waals surface area contributed by atoms with Gasteiger partial charge in [-0.1, -0.05) is 84.4 Å². The second-order valence-electron chi connectivity index (χ2n) is 12.4. The van der Waals surface area contributed by atoms with E-state index in [-0.39, 0.29) is 54.7 Å². The summed E-state index contributed by atoms with van der Waals surface area (Å²) in [6.07, 6.45) is 6.67. The Morgan fingerprint density at radius 1 is 0.956 bits per heavy atom. The molecule has 5 nitrogen and oxygen atoms in total. The molecular weight excluding hydrogens is 744 g/mol. The minimum absolute atomic E-state index is 0. The summed E-state index contributed by atoms with van der Waals surface area (Å²) in [4.78, 5) is 20.9. The predicted octanol–water partition coefficient (Wildman–Crippen LogP) is 10.6. The SMILES string of the molecule is CCC(CC)C(=O)/C=C(\O)C(CC)CC.Cc1nc2c(C(C)(C)C)cc(-c3nccc4c3ccc3c(F)cccc34)[c-]c2o1.[Ir]. The van der Waals surface area contributed by atoms with Gasteiger partial charge in [-0.05, 0) is 65.1 Å². The molecule has 2 heterocycles. The molecule has 0 bridgehead atoms. The van der Waals surface area contributed by atoms with Crippen LogP contribution in [0.3, 0.4) is 0 Å². The molecule has 2 aromatic heterocycles. The number of oxazole rings is 1. The van der Waals surface area contributed by atoms with Gasteiger partial charge in [-0.15, -0.1) is 11.6 Å². The number of aryl methyl sites for hydroxylation is 1. The maximum Gasteiger partial charge on any atom is 0.180 e. The van der Waals surface area contributed by atoms with Crippen molar-refractivity contribution in [1.29, 1.82) is 0 Å². The maximum absolute atomic E-state index is 14.3. The van der Waals surface area contributed by atoms with Crippen molar-refractivity contribution in [3.63, 3.8) is 0 Å². The molecule has 1 N–H and O–H groups in total. The van der Waals surface area contributed by atoms with E-state index in [1.807, 2.05) is 58.9 Å². The van der Waals surface area contributed by atoms with E-state index in [1.54, 1.807) is 12.3 Å². The third-order valence-corrected chi connectivity index (χ3v) is 8.42. The van der Waals surface area contributed by atoms with Gasteiger partial charge >= 0.3 is 0 Å². The van der Waals surface area contributed by atoms with Crippen LogP contribution in [0.25, 0.3) is 43.9 Å². The zero-order chi connectivity index (χ0) is 32.2. The summed E-state index contributed by atoms with van der Waals surface area (Å²) in [5.74, 6) is 0.945. The Labute approximate surface area is 279 Å². The summed E-state index contributed by atoms with van der Waals surface area (Å²) in [6.45, 7) is 16.4. The number of aliphatic hydroxyl groups excluding tert-OH is 1. The number of halogens is 1. The summed E-state index contributed by atoms with van der Waals surface area (Å²) in [6, 6.07) is 16.3.